The molecule has 0 amide bonds. The van der Waals surface area contributed by atoms with Crippen LogP contribution in [0.3, 0.4) is 0 Å². The van der Waals surface area contributed by atoms with Gasteiger partial charge in [0, 0.05) is 17.8 Å². The number of benzene rings is 1. The second kappa shape index (κ2) is 3.13. The van der Waals surface area contributed by atoms with Crippen LogP contribution < -0.4 is 10.1 Å². The number of hydrogen-bond acceptors (Lipinski definition) is 2. The highest BCUT2D eigenvalue weighted by atomic mass is 16.5. The molecule has 68 valence electrons. The van der Waals surface area contributed by atoms with Gasteiger partial charge in [-0.2, -0.15) is 0 Å². The Hall–Kier alpha value is -1.44. The van der Waals surface area contributed by atoms with Crippen molar-refractivity contribution in [1.29, 1.82) is 0 Å². The maximum atomic E-state index is 5.63. The molecule has 2 nitrogen and oxygen atoms in total. The molecule has 1 aromatic carbocycles. The fraction of sp³-hybridized carbons (Fsp3) is 0.273. The first-order chi connectivity index (χ1) is 6.29. The predicted octanol–water partition coefficient (Wildman–Crippen LogP) is 1.95. The van der Waals surface area contributed by atoms with Crippen LogP contribution in [0.25, 0.3) is 5.70 Å². The summed E-state index contributed by atoms with van der Waals surface area (Å²) in [4.78, 5) is 0. The minimum atomic E-state index is 0.705. The van der Waals surface area contributed by atoms with E-state index >= 15 is 0 Å². The Labute approximate surface area is 78.2 Å². The summed E-state index contributed by atoms with van der Waals surface area (Å²) in [5, 5.41) is 3.21. The summed E-state index contributed by atoms with van der Waals surface area (Å²) in [6.07, 6.45) is 0. The number of hydrogen-bond donors (Lipinski definition) is 1. The van der Waals surface area contributed by atoms with Crippen molar-refractivity contribution in [3.05, 3.63) is 35.9 Å². The summed E-state index contributed by atoms with van der Waals surface area (Å²) in [6.45, 7) is 7.55. The molecule has 0 radical (unpaired) electrons. The zero-order chi connectivity index (χ0) is 9.26. The van der Waals surface area contributed by atoms with E-state index in [2.05, 4.69) is 24.9 Å². The van der Waals surface area contributed by atoms with Crippen molar-refractivity contribution in [3.8, 4) is 5.75 Å². The zero-order valence-corrected chi connectivity index (χ0v) is 7.76. The van der Waals surface area contributed by atoms with Gasteiger partial charge in [0.1, 0.15) is 12.4 Å². The van der Waals surface area contributed by atoms with Crippen LogP contribution in [0.2, 0.25) is 0 Å². The van der Waals surface area contributed by atoms with Gasteiger partial charge in [-0.1, -0.05) is 18.7 Å². The standard InChI is InChI=1S/C11H13NO/c1-8-4-3-5-10-9(2)12-6-7-13-11(8)10/h3-5,12H,2,6-7H2,1H3. The van der Waals surface area contributed by atoms with E-state index in [-0.39, 0.29) is 0 Å². The molecule has 0 aliphatic carbocycles. The third-order valence-corrected chi connectivity index (χ3v) is 2.22. The lowest BCUT2D eigenvalue weighted by atomic mass is 10.1. The maximum absolute atomic E-state index is 5.63. The van der Waals surface area contributed by atoms with Crippen molar-refractivity contribution in [2.75, 3.05) is 13.2 Å². The van der Waals surface area contributed by atoms with Gasteiger partial charge in [0.25, 0.3) is 0 Å². The van der Waals surface area contributed by atoms with Crippen molar-refractivity contribution < 1.29 is 4.74 Å². The van der Waals surface area contributed by atoms with E-state index in [1.165, 1.54) is 5.56 Å². The lowest BCUT2D eigenvalue weighted by molar-refractivity contribution is 0.325. The van der Waals surface area contributed by atoms with E-state index in [0.717, 1.165) is 23.6 Å². The van der Waals surface area contributed by atoms with E-state index in [1.54, 1.807) is 0 Å². The lowest BCUT2D eigenvalue weighted by Gasteiger charge is -2.09. The predicted molar refractivity (Wildman–Crippen MR) is 53.7 cm³/mol. The highest BCUT2D eigenvalue weighted by Crippen LogP contribution is 2.28. The maximum Gasteiger partial charge on any atom is 0.131 e. The van der Waals surface area contributed by atoms with Crippen LogP contribution in [0.5, 0.6) is 5.75 Å². The van der Waals surface area contributed by atoms with E-state index < -0.39 is 0 Å². The molecule has 13 heavy (non-hydrogen) atoms. The van der Waals surface area contributed by atoms with Crippen molar-refractivity contribution >= 4 is 5.70 Å². The highest BCUT2D eigenvalue weighted by Gasteiger charge is 2.12. The van der Waals surface area contributed by atoms with Gasteiger partial charge in [-0.25, -0.2) is 0 Å². The minimum absolute atomic E-state index is 0.705. The fourth-order valence-corrected chi connectivity index (χ4v) is 1.53. The van der Waals surface area contributed by atoms with E-state index in [4.69, 9.17) is 4.74 Å². The molecule has 0 saturated heterocycles. The van der Waals surface area contributed by atoms with Gasteiger partial charge >= 0.3 is 0 Å². The van der Waals surface area contributed by atoms with Gasteiger partial charge in [0.15, 0.2) is 0 Å². The van der Waals surface area contributed by atoms with Gasteiger partial charge in [-0.05, 0) is 18.6 Å². The Kier molecular flexibility index (Phi) is 1.97. The Balaban J connectivity index is 2.54. The number of nitrogens with one attached hydrogen (secondary N) is 1. The quantitative estimate of drug-likeness (QED) is 0.650. The fourth-order valence-electron chi connectivity index (χ4n) is 1.53. The van der Waals surface area contributed by atoms with Gasteiger partial charge < -0.3 is 10.1 Å². The monoisotopic (exact) mass is 175 g/mol. The number of ether oxygens (including phenoxy) is 1. The van der Waals surface area contributed by atoms with Crippen LogP contribution in [0, 0.1) is 6.92 Å². The molecule has 1 N–H and O–H groups in total. The molecular weight excluding hydrogens is 162 g/mol. The Morgan fingerprint density at radius 3 is 3.15 bits per heavy atom. The van der Waals surface area contributed by atoms with Crippen molar-refractivity contribution in [3.63, 3.8) is 0 Å². The number of aryl methyl sites for hydroxylation is 1. The molecule has 0 saturated carbocycles. The molecule has 0 spiro atoms. The first-order valence-electron chi connectivity index (χ1n) is 4.44. The molecule has 1 aromatic rings. The second-order valence-corrected chi connectivity index (χ2v) is 3.21. The molecule has 0 atom stereocenters. The van der Waals surface area contributed by atoms with Gasteiger partial charge in [-0.3, -0.25) is 0 Å². The summed E-state index contributed by atoms with van der Waals surface area (Å²) < 4.78 is 5.63. The van der Waals surface area contributed by atoms with E-state index in [0.29, 0.717) is 6.61 Å². The lowest BCUT2D eigenvalue weighted by Crippen LogP contribution is -2.14. The average Bonchev–Trinajstić information content (AvgIpc) is 2.30. The van der Waals surface area contributed by atoms with Gasteiger partial charge in [0.2, 0.25) is 0 Å². The molecule has 0 unspecified atom stereocenters. The first kappa shape index (κ1) is 8.17. The van der Waals surface area contributed by atoms with Crippen LogP contribution in [-0.2, 0) is 0 Å². The topological polar surface area (TPSA) is 21.3 Å². The Bertz CT molecular complexity index is 344. The largest absolute Gasteiger partial charge is 0.491 e. The van der Waals surface area contributed by atoms with Crippen LogP contribution >= 0.6 is 0 Å². The third-order valence-electron chi connectivity index (χ3n) is 2.22. The molecule has 0 fully saturated rings. The third kappa shape index (κ3) is 1.39. The Morgan fingerprint density at radius 1 is 1.46 bits per heavy atom. The SMILES string of the molecule is C=C1NCCOc2c(C)cccc21. The van der Waals surface area contributed by atoms with Crippen LogP contribution in [0.1, 0.15) is 11.1 Å². The average molecular weight is 175 g/mol. The van der Waals surface area contributed by atoms with Gasteiger partial charge in [-0.15, -0.1) is 0 Å². The molecular formula is C11H13NO. The first-order valence-corrected chi connectivity index (χ1v) is 4.44. The summed E-state index contributed by atoms with van der Waals surface area (Å²) in [5.74, 6) is 0.970. The van der Waals surface area contributed by atoms with Crippen LogP contribution in [0.15, 0.2) is 24.8 Å². The molecule has 1 aliphatic heterocycles. The molecule has 0 aromatic heterocycles. The van der Waals surface area contributed by atoms with Crippen LogP contribution in [-0.4, -0.2) is 13.2 Å². The van der Waals surface area contributed by atoms with Crippen molar-refractivity contribution in [1.82, 2.24) is 5.32 Å². The number of fused-ring (bicyclic) bond motifs is 1. The van der Waals surface area contributed by atoms with Crippen molar-refractivity contribution in [2.24, 2.45) is 0 Å². The summed E-state index contributed by atoms with van der Waals surface area (Å²) in [7, 11) is 0. The van der Waals surface area contributed by atoms with E-state index in [9.17, 15) is 0 Å². The smallest absolute Gasteiger partial charge is 0.131 e. The zero-order valence-electron chi connectivity index (χ0n) is 7.76. The molecule has 2 rings (SSSR count). The highest BCUT2D eigenvalue weighted by molar-refractivity contribution is 5.69. The summed E-state index contributed by atoms with van der Waals surface area (Å²) in [5.41, 5.74) is 3.20. The molecule has 1 aliphatic rings. The summed E-state index contributed by atoms with van der Waals surface area (Å²) in [6, 6.07) is 6.11. The molecule has 0 bridgehead atoms. The Morgan fingerprint density at radius 2 is 2.31 bits per heavy atom. The molecule has 2 heteroatoms. The van der Waals surface area contributed by atoms with E-state index in [1.807, 2.05) is 12.1 Å². The normalized spacial score (nSPS) is 15.3. The van der Waals surface area contributed by atoms with Crippen LogP contribution in [0.4, 0.5) is 0 Å². The number of rotatable bonds is 0. The molecule has 1 heterocycles. The second-order valence-electron chi connectivity index (χ2n) is 3.21. The minimum Gasteiger partial charge on any atom is -0.491 e. The summed E-state index contributed by atoms with van der Waals surface area (Å²) >= 11 is 0. The van der Waals surface area contributed by atoms with Crippen molar-refractivity contribution in [2.45, 2.75) is 6.92 Å². The van der Waals surface area contributed by atoms with Gasteiger partial charge in [0.05, 0.1) is 0 Å². The number of para-hydroxylation sites is 1.